The zero-order chi connectivity index (χ0) is 9.68. The molecule has 2 atom stereocenters. The van der Waals surface area contributed by atoms with Crippen molar-refractivity contribution in [3.05, 3.63) is 0 Å². The van der Waals surface area contributed by atoms with Crippen molar-refractivity contribution in [1.29, 1.82) is 0 Å². The molecule has 76 valence electrons. The number of carbonyl (C=O) groups excluding carboxylic acids is 1. The summed E-state index contributed by atoms with van der Waals surface area (Å²) in [5, 5.41) is 2.97. The number of rotatable bonds is 4. The number of likely N-dealkylation sites (N-methyl/N-ethyl adjacent to an activating group) is 1. The highest BCUT2D eigenvalue weighted by Crippen LogP contribution is 2.17. The van der Waals surface area contributed by atoms with E-state index in [0.717, 1.165) is 13.0 Å². The van der Waals surface area contributed by atoms with Gasteiger partial charge in [0.05, 0.1) is 13.2 Å². The van der Waals surface area contributed by atoms with Gasteiger partial charge in [-0.25, -0.2) is 0 Å². The van der Waals surface area contributed by atoms with Crippen LogP contribution >= 0.6 is 0 Å². The number of carbonyl (C=O) groups is 1. The van der Waals surface area contributed by atoms with Crippen molar-refractivity contribution in [1.82, 2.24) is 5.32 Å². The fraction of sp³-hybridized carbons (Fsp3) is 0.889. The minimum Gasteiger partial charge on any atom is -0.465 e. The van der Waals surface area contributed by atoms with E-state index in [2.05, 4.69) is 5.32 Å². The van der Waals surface area contributed by atoms with E-state index in [1.54, 1.807) is 7.05 Å². The van der Waals surface area contributed by atoms with Crippen LogP contribution in [0, 0.1) is 5.92 Å². The van der Waals surface area contributed by atoms with Crippen LogP contribution in [0.3, 0.4) is 0 Å². The second-order valence-electron chi connectivity index (χ2n) is 3.14. The van der Waals surface area contributed by atoms with Crippen LogP contribution in [0.1, 0.15) is 13.3 Å². The summed E-state index contributed by atoms with van der Waals surface area (Å²) in [6.45, 7) is 3.66. The maximum atomic E-state index is 11.4. The van der Waals surface area contributed by atoms with Gasteiger partial charge in [-0.05, 0) is 20.4 Å². The quantitative estimate of drug-likeness (QED) is 0.637. The predicted octanol–water partition coefficient (Wildman–Crippen LogP) is 0.174. The molecule has 4 nitrogen and oxygen atoms in total. The van der Waals surface area contributed by atoms with Crippen molar-refractivity contribution in [2.45, 2.75) is 19.4 Å². The van der Waals surface area contributed by atoms with Gasteiger partial charge >= 0.3 is 5.97 Å². The molecule has 1 aliphatic rings. The van der Waals surface area contributed by atoms with Crippen LogP contribution < -0.4 is 5.32 Å². The standard InChI is InChI=1S/C9H17NO3/c1-3-13-9(11)8(10-2)7-4-5-12-6-7/h7-8,10H,3-6H2,1-2H3. The molecule has 0 aromatic rings. The molecule has 2 unspecified atom stereocenters. The highest BCUT2D eigenvalue weighted by molar-refractivity contribution is 5.76. The van der Waals surface area contributed by atoms with Gasteiger partial charge in [-0.1, -0.05) is 0 Å². The summed E-state index contributed by atoms with van der Waals surface area (Å²) in [4.78, 5) is 11.4. The number of hydrogen-bond donors (Lipinski definition) is 1. The van der Waals surface area contributed by atoms with Crippen LogP contribution in [-0.2, 0) is 14.3 Å². The first-order valence-corrected chi connectivity index (χ1v) is 4.71. The van der Waals surface area contributed by atoms with E-state index in [-0.39, 0.29) is 17.9 Å². The molecule has 1 fully saturated rings. The molecule has 13 heavy (non-hydrogen) atoms. The summed E-state index contributed by atoms with van der Waals surface area (Å²) in [6.07, 6.45) is 0.935. The average Bonchev–Trinajstić information content (AvgIpc) is 2.59. The summed E-state index contributed by atoms with van der Waals surface area (Å²) >= 11 is 0. The van der Waals surface area contributed by atoms with Gasteiger partial charge in [0, 0.05) is 12.5 Å². The van der Waals surface area contributed by atoms with Crippen molar-refractivity contribution < 1.29 is 14.3 Å². The van der Waals surface area contributed by atoms with E-state index in [4.69, 9.17) is 9.47 Å². The van der Waals surface area contributed by atoms with Crippen molar-refractivity contribution in [3.8, 4) is 0 Å². The molecule has 0 aromatic heterocycles. The van der Waals surface area contributed by atoms with Crippen LogP contribution in [0.15, 0.2) is 0 Å². The van der Waals surface area contributed by atoms with Gasteiger partial charge in [0.1, 0.15) is 6.04 Å². The fourth-order valence-corrected chi connectivity index (χ4v) is 1.59. The Hall–Kier alpha value is -0.610. The lowest BCUT2D eigenvalue weighted by Gasteiger charge is -2.19. The minimum atomic E-state index is -0.206. The zero-order valence-electron chi connectivity index (χ0n) is 8.21. The summed E-state index contributed by atoms with van der Waals surface area (Å²) in [7, 11) is 1.78. The molecule has 0 bridgehead atoms. The largest absolute Gasteiger partial charge is 0.465 e. The van der Waals surface area contributed by atoms with E-state index in [1.807, 2.05) is 6.92 Å². The van der Waals surface area contributed by atoms with Crippen LogP contribution in [0.4, 0.5) is 0 Å². The fourth-order valence-electron chi connectivity index (χ4n) is 1.59. The van der Waals surface area contributed by atoms with Crippen LogP contribution in [-0.4, -0.2) is 38.9 Å². The van der Waals surface area contributed by atoms with Gasteiger partial charge in [0.2, 0.25) is 0 Å². The Balaban J connectivity index is 2.44. The SMILES string of the molecule is CCOC(=O)C(NC)C1CCOC1. The Labute approximate surface area is 78.6 Å². The third-order valence-corrected chi connectivity index (χ3v) is 2.29. The smallest absolute Gasteiger partial charge is 0.323 e. The molecule has 1 aliphatic heterocycles. The van der Waals surface area contributed by atoms with Gasteiger partial charge in [-0.3, -0.25) is 4.79 Å². The molecule has 0 aromatic carbocycles. The van der Waals surface area contributed by atoms with Gasteiger partial charge in [-0.15, -0.1) is 0 Å². The summed E-state index contributed by atoms with van der Waals surface area (Å²) < 4.78 is 10.2. The molecule has 1 N–H and O–H groups in total. The molecular weight excluding hydrogens is 170 g/mol. The Bertz CT molecular complexity index is 166. The molecule has 1 heterocycles. The predicted molar refractivity (Wildman–Crippen MR) is 48.4 cm³/mol. The van der Waals surface area contributed by atoms with E-state index in [9.17, 15) is 4.79 Å². The van der Waals surface area contributed by atoms with Gasteiger partial charge < -0.3 is 14.8 Å². The Morgan fingerprint density at radius 3 is 3.00 bits per heavy atom. The second-order valence-corrected chi connectivity index (χ2v) is 3.14. The second kappa shape index (κ2) is 5.19. The zero-order valence-corrected chi connectivity index (χ0v) is 8.21. The monoisotopic (exact) mass is 187 g/mol. The molecule has 1 saturated heterocycles. The van der Waals surface area contributed by atoms with Gasteiger partial charge in [-0.2, -0.15) is 0 Å². The van der Waals surface area contributed by atoms with Gasteiger partial charge in [0.25, 0.3) is 0 Å². The summed E-state index contributed by atoms with van der Waals surface area (Å²) in [5.74, 6) is 0.101. The maximum Gasteiger partial charge on any atom is 0.323 e. The number of ether oxygens (including phenoxy) is 2. The lowest BCUT2D eigenvalue weighted by molar-refractivity contribution is -0.147. The molecule has 4 heteroatoms. The maximum absolute atomic E-state index is 11.4. The number of hydrogen-bond acceptors (Lipinski definition) is 4. The van der Waals surface area contributed by atoms with Crippen molar-refractivity contribution in [2.75, 3.05) is 26.9 Å². The number of nitrogens with one attached hydrogen (secondary N) is 1. The molecule has 0 amide bonds. The third kappa shape index (κ3) is 2.67. The Morgan fingerprint density at radius 1 is 1.77 bits per heavy atom. The van der Waals surface area contributed by atoms with Crippen LogP contribution in [0.25, 0.3) is 0 Å². The van der Waals surface area contributed by atoms with Crippen LogP contribution in [0.5, 0.6) is 0 Å². The highest BCUT2D eigenvalue weighted by Gasteiger charge is 2.30. The molecule has 0 saturated carbocycles. The normalized spacial score (nSPS) is 24.3. The minimum absolute atomic E-state index is 0.166. The van der Waals surface area contributed by atoms with Crippen molar-refractivity contribution >= 4 is 5.97 Å². The van der Waals surface area contributed by atoms with E-state index < -0.39 is 0 Å². The third-order valence-electron chi connectivity index (χ3n) is 2.29. The lowest BCUT2D eigenvalue weighted by Crippen LogP contribution is -2.42. The van der Waals surface area contributed by atoms with E-state index in [0.29, 0.717) is 13.2 Å². The first kappa shape index (κ1) is 10.5. The molecule has 0 aliphatic carbocycles. The molecular formula is C9H17NO3. The lowest BCUT2D eigenvalue weighted by atomic mass is 9.99. The first-order chi connectivity index (χ1) is 6.29. The summed E-state index contributed by atoms with van der Waals surface area (Å²) in [6, 6.07) is -0.206. The molecule has 0 spiro atoms. The van der Waals surface area contributed by atoms with E-state index >= 15 is 0 Å². The molecule has 0 radical (unpaired) electrons. The average molecular weight is 187 g/mol. The Kier molecular flexibility index (Phi) is 4.18. The Morgan fingerprint density at radius 2 is 2.54 bits per heavy atom. The topological polar surface area (TPSA) is 47.6 Å². The van der Waals surface area contributed by atoms with Crippen molar-refractivity contribution in [2.24, 2.45) is 5.92 Å². The van der Waals surface area contributed by atoms with Crippen molar-refractivity contribution in [3.63, 3.8) is 0 Å². The van der Waals surface area contributed by atoms with Gasteiger partial charge in [0.15, 0.2) is 0 Å². The molecule has 1 rings (SSSR count). The number of esters is 1. The highest BCUT2D eigenvalue weighted by atomic mass is 16.5. The van der Waals surface area contributed by atoms with E-state index in [1.165, 1.54) is 0 Å². The summed E-state index contributed by atoms with van der Waals surface area (Å²) in [5.41, 5.74) is 0. The van der Waals surface area contributed by atoms with Crippen LogP contribution in [0.2, 0.25) is 0 Å². The first-order valence-electron chi connectivity index (χ1n) is 4.71.